The van der Waals surface area contributed by atoms with Crippen LogP contribution in [0.2, 0.25) is 0 Å². The molecule has 6 aliphatic carbocycles. The van der Waals surface area contributed by atoms with Gasteiger partial charge in [0.05, 0.1) is 0 Å². The monoisotopic (exact) mass is 912 g/mol. The van der Waals surface area contributed by atoms with Crippen LogP contribution in [0.5, 0.6) is 0 Å². The maximum atomic E-state index is 5.75. The van der Waals surface area contributed by atoms with Crippen LogP contribution in [0.1, 0.15) is 198 Å². The summed E-state index contributed by atoms with van der Waals surface area (Å²) in [6.45, 7) is 0. The first-order valence-corrected chi connectivity index (χ1v) is 40.0. The van der Waals surface area contributed by atoms with E-state index >= 15 is 0 Å². The van der Waals surface area contributed by atoms with Gasteiger partial charge in [-0.2, -0.15) is 0 Å². The van der Waals surface area contributed by atoms with E-state index in [1.807, 2.05) is 0 Å². The number of benzene rings is 1. The van der Waals surface area contributed by atoms with Gasteiger partial charge >= 0.3 is 314 Å². The average Bonchev–Trinajstić information content (AvgIpc) is 3.15. The Morgan fingerprint density at radius 2 is 0.604 bits per heavy atom. The Bertz CT molecular complexity index is 1050. The summed E-state index contributed by atoms with van der Waals surface area (Å²) < 4.78 is 3.31. The van der Waals surface area contributed by atoms with E-state index in [1.165, 1.54) is 116 Å². The predicted octanol–water partition coefficient (Wildman–Crippen LogP) is 15.5. The third kappa shape index (κ3) is 6.74. The number of hydrogen-bond donors (Lipinski definition) is 0. The van der Waals surface area contributed by atoms with Crippen LogP contribution in [-0.2, 0) is 8.27 Å². The van der Waals surface area contributed by atoms with E-state index in [2.05, 4.69) is 34.9 Å². The fourth-order valence-corrected chi connectivity index (χ4v) is 147. The molecule has 0 spiro atoms. The van der Waals surface area contributed by atoms with Crippen molar-refractivity contribution in [2.24, 2.45) is 0 Å². The van der Waals surface area contributed by atoms with E-state index in [4.69, 9.17) is 27.2 Å². The normalized spacial score (nSPS) is 28.0. The average molecular weight is 914 g/mol. The maximum absolute atomic E-state index is 5.75. The molecule has 48 heavy (non-hydrogen) atoms. The summed E-state index contributed by atoms with van der Waals surface area (Å²) in [6.07, 6.45) is 46.7. The first-order chi connectivity index (χ1) is 23.5. The van der Waals surface area contributed by atoms with Crippen molar-refractivity contribution in [2.45, 2.75) is 227 Å². The minimum atomic E-state index is -3.73. The zero-order chi connectivity index (χ0) is 32.9. The van der Waals surface area contributed by atoms with Gasteiger partial charge in [-0.05, 0) is 0 Å². The summed E-state index contributed by atoms with van der Waals surface area (Å²) in [6, 6.07) is 12.3. The molecule has 0 nitrogen and oxygen atoms in total. The van der Waals surface area contributed by atoms with Crippen molar-refractivity contribution in [1.82, 2.24) is 0 Å². The third-order valence-electron chi connectivity index (χ3n) is 15.5. The zero-order valence-electron chi connectivity index (χ0n) is 30.8. The second-order valence-corrected chi connectivity index (χ2v) is 80.6. The molecule has 6 saturated carbocycles. The summed E-state index contributed by atoms with van der Waals surface area (Å²) in [4.78, 5) is 0. The minimum absolute atomic E-state index is 1.06. The first-order valence-electron chi connectivity index (χ1n) is 21.7. The van der Waals surface area contributed by atoms with Crippen LogP contribution in [0.3, 0.4) is 0 Å². The molecule has 1 aromatic rings. The van der Waals surface area contributed by atoms with Crippen molar-refractivity contribution in [3.05, 3.63) is 35.9 Å². The van der Waals surface area contributed by atoms with Gasteiger partial charge in [0.1, 0.15) is 0 Å². The van der Waals surface area contributed by atoms with Gasteiger partial charge in [-0.1, -0.05) is 0 Å². The Morgan fingerprint density at radius 1 is 0.375 bits per heavy atom. The van der Waals surface area contributed by atoms with Crippen LogP contribution in [0.15, 0.2) is 30.3 Å². The van der Waals surface area contributed by atoms with Crippen LogP contribution in [0, 0.1) is 0 Å². The standard InChI is InChI=1S/2C18H33P.C7H6.2BrH.Ru/c2*1-4-10-16(11-5-1)19(17-12-6-2-7-13-17)18-14-8-3-9-15-18;1-7-5-3-2-4-6-7;;;/h2*16-18H,1-15H2;1-6H;2*1H;. The van der Waals surface area contributed by atoms with E-state index in [0.717, 1.165) is 34.0 Å². The van der Waals surface area contributed by atoms with E-state index in [0.29, 0.717) is 0 Å². The molecule has 6 fully saturated rings. The molecule has 0 heterocycles. The summed E-state index contributed by atoms with van der Waals surface area (Å²) in [5.74, 6) is 0. The summed E-state index contributed by atoms with van der Waals surface area (Å²) in [7, 11) is -3.73. The SMILES string of the molecule is [Br][Ru]([Br])(=[CH]c1ccccc1)([PH](C1CCCCC1)(C1CCCCC1)C1CCCCC1)[PH](C1CCCCC1)(C1CCCCC1)C1CCCCC1. The molecule has 0 aromatic heterocycles. The van der Waals surface area contributed by atoms with Crippen molar-refractivity contribution in [3.63, 3.8) is 0 Å². The summed E-state index contributed by atoms with van der Waals surface area (Å²) in [5, 5.41) is 0. The van der Waals surface area contributed by atoms with Gasteiger partial charge in [0.25, 0.3) is 0 Å². The second kappa shape index (κ2) is 16.9. The molecule has 0 radical (unpaired) electrons. The van der Waals surface area contributed by atoms with E-state index in [1.54, 1.807) is 82.6 Å². The zero-order valence-corrected chi connectivity index (χ0v) is 37.7. The van der Waals surface area contributed by atoms with Crippen molar-refractivity contribution in [1.29, 1.82) is 0 Å². The molecule has 0 amide bonds. The van der Waals surface area contributed by atoms with Crippen molar-refractivity contribution in [3.8, 4) is 0 Å². The summed E-state index contributed by atoms with van der Waals surface area (Å²) >= 11 is 11.5. The number of rotatable bonds is 9. The molecule has 0 aliphatic heterocycles. The molecule has 5 heteroatoms. The number of halogens is 2. The molecular formula is C43H74Br2P2Ru. The van der Waals surface area contributed by atoms with Crippen LogP contribution < -0.4 is 0 Å². The van der Waals surface area contributed by atoms with E-state index in [9.17, 15) is 0 Å². The van der Waals surface area contributed by atoms with Crippen molar-refractivity contribution in [2.75, 3.05) is 0 Å². The Labute approximate surface area is 311 Å². The van der Waals surface area contributed by atoms with Crippen molar-refractivity contribution >= 4 is 43.0 Å². The molecule has 7 rings (SSSR count). The van der Waals surface area contributed by atoms with E-state index < -0.39 is 19.5 Å². The van der Waals surface area contributed by atoms with Gasteiger partial charge in [-0.15, -0.1) is 0 Å². The molecule has 278 valence electrons. The molecule has 0 unspecified atom stereocenters. The fraction of sp³-hybridized carbons (Fsp3) is 0.837. The second-order valence-electron chi connectivity index (χ2n) is 17.9. The van der Waals surface area contributed by atoms with Crippen LogP contribution in [0.25, 0.3) is 0 Å². The van der Waals surface area contributed by atoms with Gasteiger partial charge in [0, 0.05) is 0 Å². The Balaban J connectivity index is 1.63. The number of hydrogen-bond acceptors (Lipinski definition) is 0. The topological polar surface area (TPSA) is 0 Å². The molecule has 1 aromatic carbocycles. The predicted molar refractivity (Wildman–Crippen MR) is 227 cm³/mol. The van der Waals surface area contributed by atoms with Gasteiger partial charge in [0.2, 0.25) is 0 Å². The molecular weight excluding hydrogens is 839 g/mol. The quantitative estimate of drug-likeness (QED) is 0.171. The van der Waals surface area contributed by atoms with Crippen LogP contribution in [-0.4, -0.2) is 38.6 Å². The van der Waals surface area contributed by atoms with Gasteiger partial charge < -0.3 is 0 Å². The van der Waals surface area contributed by atoms with Gasteiger partial charge in [0.15, 0.2) is 0 Å². The van der Waals surface area contributed by atoms with Gasteiger partial charge in [-0.25, -0.2) is 0 Å². The molecule has 6 aliphatic rings. The van der Waals surface area contributed by atoms with Crippen LogP contribution >= 0.6 is 38.4 Å². The molecule has 0 saturated heterocycles. The molecule has 0 bridgehead atoms. The van der Waals surface area contributed by atoms with Gasteiger partial charge in [-0.3, -0.25) is 0 Å². The first kappa shape index (κ1) is 37.8. The van der Waals surface area contributed by atoms with Crippen molar-refractivity contribution < 1.29 is 8.27 Å². The Morgan fingerprint density at radius 3 is 0.833 bits per heavy atom. The third-order valence-corrected chi connectivity index (χ3v) is 108. The Kier molecular flexibility index (Phi) is 13.3. The fourth-order valence-electron chi connectivity index (χ4n) is 14.0. The van der Waals surface area contributed by atoms with Crippen LogP contribution in [0.4, 0.5) is 0 Å². The molecule has 0 atom stereocenters. The molecule has 0 N–H and O–H groups in total. The van der Waals surface area contributed by atoms with E-state index in [-0.39, 0.29) is 0 Å². The Hall–Kier alpha value is 1.53. The summed E-state index contributed by atoms with van der Waals surface area (Å²) in [5.41, 5.74) is 3.94.